The van der Waals surface area contributed by atoms with E-state index in [0.29, 0.717) is 27.7 Å². The van der Waals surface area contributed by atoms with Gasteiger partial charge in [-0.2, -0.15) is 0 Å². The molecule has 0 saturated heterocycles. The maximum Gasteiger partial charge on any atom is 0.230 e. The van der Waals surface area contributed by atoms with Gasteiger partial charge in [-0.3, -0.25) is 4.79 Å². The molecule has 0 atom stereocenters. The molecule has 0 spiro atoms. The Labute approximate surface area is 193 Å². The molecule has 1 aliphatic heterocycles. The van der Waals surface area contributed by atoms with Crippen LogP contribution in [0.3, 0.4) is 0 Å². The van der Waals surface area contributed by atoms with Gasteiger partial charge in [-0.15, -0.1) is 21.5 Å². The number of hydrogen-bond donors (Lipinski definition) is 1. The molecule has 168 valence electrons. The molecule has 1 amide bonds. The molecule has 1 aliphatic rings. The average molecular weight is 466 g/mol. The Hall–Kier alpha value is -3.46. The number of aromatic nitrogens is 4. The zero-order valence-corrected chi connectivity index (χ0v) is 18.5. The maximum atomic E-state index is 14.5. The van der Waals surface area contributed by atoms with Crippen LogP contribution in [0.4, 0.5) is 14.5 Å². The topological polar surface area (TPSA) is 72.7 Å². The minimum absolute atomic E-state index is 0.0180. The number of benzene rings is 2. The summed E-state index contributed by atoms with van der Waals surface area (Å²) in [6.45, 7) is 0.828. The fraction of sp³-hybridized carbons (Fsp3) is 0.250. The zero-order valence-electron chi connectivity index (χ0n) is 17.7. The van der Waals surface area contributed by atoms with Crippen molar-refractivity contribution in [1.82, 2.24) is 19.7 Å². The molecule has 9 heteroatoms. The van der Waals surface area contributed by atoms with E-state index >= 15 is 0 Å². The molecule has 0 bridgehead atoms. The lowest BCUT2D eigenvalue weighted by Gasteiger charge is -2.10. The van der Waals surface area contributed by atoms with E-state index in [4.69, 9.17) is 0 Å². The van der Waals surface area contributed by atoms with Gasteiger partial charge in [0.25, 0.3) is 0 Å². The van der Waals surface area contributed by atoms with E-state index in [1.165, 1.54) is 29.5 Å². The van der Waals surface area contributed by atoms with Gasteiger partial charge in [0.2, 0.25) is 5.91 Å². The quantitative estimate of drug-likeness (QED) is 0.437. The highest BCUT2D eigenvalue weighted by Gasteiger charge is 2.18. The third kappa shape index (κ3) is 4.68. The number of nitrogens with zero attached hydrogens (tertiary/aromatic N) is 4. The van der Waals surface area contributed by atoms with Gasteiger partial charge in [-0.25, -0.2) is 13.8 Å². The van der Waals surface area contributed by atoms with Crippen LogP contribution in [0.2, 0.25) is 0 Å². The van der Waals surface area contributed by atoms with Crippen LogP contribution in [0.1, 0.15) is 30.8 Å². The third-order valence-electron chi connectivity index (χ3n) is 5.57. The Morgan fingerprint density at radius 2 is 1.97 bits per heavy atom. The van der Waals surface area contributed by atoms with Crippen molar-refractivity contribution >= 4 is 22.9 Å². The van der Waals surface area contributed by atoms with E-state index < -0.39 is 5.82 Å². The lowest BCUT2D eigenvalue weighted by Crippen LogP contribution is -2.15. The Morgan fingerprint density at radius 3 is 2.85 bits per heavy atom. The molecule has 5 rings (SSSR count). The van der Waals surface area contributed by atoms with Crippen LogP contribution in [0.25, 0.3) is 22.0 Å². The molecule has 0 aliphatic carbocycles. The summed E-state index contributed by atoms with van der Waals surface area (Å²) in [4.78, 5) is 17.0. The van der Waals surface area contributed by atoms with Crippen molar-refractivity contribution in [3.63, 3.8) is 0 Å². The lowest BCUT2D eigenvalue weighted by atomic mass is 10.1. The smallest absolute Gasteiger partial charge is 0.230 e. The van der Waals surface area contributed by atoms with Gasteiger partial charge >= 0.3 is 0 Å². The second-order valence-electron chi connectivity index (χ2n) is 7.98. The SMILES string of the molecule is O=C(Cc1csc(-c2cccc(F)c2)n1)Nc1cc(-c2nnc3n2CCCCC3)ccc1F. The largest absolute Gasteiger partial charge is 0.323 e. The minimum Gasteiger partial charge on any atom is -0.323 e. The minimum atomic E-state index is -0.526. The Bertz CT molecular complexity index is 1320. The van der Waals surface area contributed by atoms with Crippen molar-refractivity contribution in [3.8, 4) is 22.0 Å². The van der Waals surface area contributed by atoms with Gasteiger partial charge in [0, 0.05) is 29.5 Å². The van der Waals surface area contributed by atoms with Gasteiger partial charge in [0.15, 0.2) is 5.82 Å². The van der Waals surface area contributed by atoms with Crippen LogP contribution < -0.4 is 5.32 Å². The normalized spacial score (nSPS) is 13.4. The predicted molar refractivity (Wildman–Crippen MR) is 123 cm³/mol. The van der Waals surface area contributed by atoms with Gasteiger partial charge in [0.05, 0.1) is 17.8 Å². The summed E-state index contributed by atoms with van der Waals surface area (Å²) in [5.74, 6) is 0.363. The summed E-state index contributed by atoms with van der Waals surface area (Å²) < 4.78 is 30.0. The molecule has 6 nitrogen and oxygen atoms in total. The number of amides is 1. The number of carbonyl (C=O) groups is 1. The highest BCUT2D eigenvalue weighted by atomic mass is 32.1. The molecule has 0 saturated carbocycles. The first-order valence-corrected chi connectivity index (χ1v) is 11.7. The number of nitrogens with one attached hydrogen (secondary N) is 1. The number of aryl methyl sites for hydroxylation is 1. The summed E-state index contributed by atoms with van der Waals surface area (Å²) in [5.41, 5.74) is 1.98. The number of carbonyl (C=O) groups excluding carboxylic acids is 1. The maximum absolute atomic E-state index is 14.5. The first kappa shape index (κ1) is 21.4. The molecule has 4 aromatic rings. The van der Waals surface area contributed by atoms with Crippen molar-refractivity contribution in [3.05, 3.63) is 71.0 Å². The Kier molecular flexibility index (Phi) is 5.95. The summed E-state index contributed by atoms with van der Waals surface area (Å²) >= 11 is 1.33. The summed E-state index contributed by atoms with van der Waals surface area (Å²) in [6.07, 6.45) is 4.14. The van der Waals surface area contributed by atoms with Gasteiger partial charge in [-0.05, 0) is 43.2 Å². The van der Waals surface area contributed by atoms with Gasteiger partial charge in [-0.1, -0.05) is 18.6 Å². The van der Waals surface area contributed by atoms with Gasteiger partial charge < -0.3 is 9.88 Å². The molecule has 2 aromatic heterocycles. The molecule has 1 N–H and O–H groups in total. The first-order valence-electron chi connectivity index (χ1n) is 10.8. The zero-order chi connectivity index (χ0) is 22.8. The number of hydrogen-bond acceptors (Lipinski definition) is 5. The second-order valence-corrected chi connectivity index (χ2v) is 8.83. The summed E-state index contributed by atoms with van der Waals surface area (Å²) in [7, 11) is 0. The Balaban J connectivity index is 1.32. The van der Waals surface area contributed by atoms with Crippen molar-refractivity contribution in [2.45, 2.75) is 38.6 Å². The van der Waals surface area contributed by atoms with Crippen LogP contribution in [-0.4, -0.2) is 25.7 Å². The monoisotopic (exact) mass is 465 g/mol. The standard InChI is InChI=1S/C24H21F2N5OS/c25-17-6-4-5-16(11-17)24-27-18(14-33-24)13-22(32)28-20-12-15(8-9-19(20)26)23-30-29-21-7-2-1-3-10-31(21)23/h4-6,8-9,11-12,14H,1-3,7,10,13H2,(H,28,32). The van der Waals surface area contributed by atoms with E-state index in [-0.39, 0.29) is 23.8 Å². The van der Waals surface area contributed by atoms with Crippen molar-refractivity contribution < 1.29 is 13.6 Å². The second kappa shape index (κ2) is 9.19. The van der Waals surface area contributed by atoms with Crippen molar-refractivity contribution in [1.29, 1.82) is 0 Å². The van der Waals surface area contributed by atoms with E-state index in [2.05, 4.69) is 25.1 Å². The van der Waals surface area contributed by atoms with Gasteiger partial charge in [0.1, 0.15) is 22.5 Å². The van der Waals surface area contributed by atoms with E-state index in [1.807, 2.05) is 0 Å². The highest BCUT2D eigenvalue weighted by Crippen LogP contribution is 2.27. The Morgan fingerprint density at radius 1 is 1.06 bits per heavy atom. The van der Waals surface area contributed by atoms with Crippen LogP contribution in [0, 0.1) is 11.6 Å². The molecule has 0 radical (unpaired) electrons. The number of thiazole rings is 1. The fourth-order valence-electron chi connectivity index (χ4n) is 3.96. The molecular weight excluding hydrogens is 444 g/mol. The average Bonchev–Trinajstić information content (AvgIpc) is 3.36. The van der Waals surface area contributed by atoms with Crippen LogP contribution >= 0.6 is 11.3 Å². The van der Waals surface area contributed by atoms with Crippen molar-refractivity contribution in [2.75, 3.05) is 5.32 Å². The van der Waals surface area contributed by atoms with E-state index in [9.17, 15) is 13.6 Å². The molecule has 33 heavy (non-hydrogen) atoms. The highest BCUT2D eigenvalue weighted by molar-refractivity contribution is 7.13. The van der Waals surface area contributed by atoms with Crippen molar-refractivity contribution in [2.24, 2.45) is 0 Å². The lowest BCUT2D eigenvalue weighted by molar-refractivity contribution is -0.115. The molecular formula is C24H21F2N5OS. The molecule has 2 aromatic carbocycles. The number of fused-ring (bicyclic) bond motifs is 1. The predicted octanol–water partition coefficient (Wildman–Crippen LogP) is 5.25. The molecule has 0 fully saturated rings. The van der Waals surface area contributed by atoms with Crippen LogP contribution in [-0.2, 0) is 24.2 Å². The number of rotatable bonds is 5. The van der Waals surface area contributed by atoms with E-state index in [1.54, 1.807) is 29.6 Å². The van der Waals surface area contributed by atoms with Crippen LogP contribution in [0.15, 0.2) is 47.8 Å². The summed E-state index contributed by atoms with van der Waals surface area (Å²) in [6, 6.07) is 10.7. The number of halogens is 2. The first-order chi connectivity index (χ1) is 16.1. The molecule has 0 unspecified atom stereocenters. The van der Waals surface area contributed by atoms with E-state index in [0.717, 1.165) is 38.1 Å². The van der Waals surface area contributed by atoms with Crippen LogP contribution in [0.5, 0.6) is 0 Å². The third-order valence-corrected chi connectivity index (χ3v) is 6.51. The number of anilines is 1. The summed E-state index contributed by atoms with van der Waals surface area (Å²) in [5, 5.41) is 13.6. The fourth-order valence-corrected chi connectivity index (χ4v) is 4.78. The molecule has 3 heterocycles.